The van der Waals surface area contributed by atoms with Crippen molar-refractivity contribution in [3.63, 3.8) is 0 Å². The van der Waals surface area contributed by atoms with Crippen molar-refractivity contribution in [3.05, 3.63) is 175 Å². The van der Waals surface area contributed by atoms with Crippen molar-refractivity contribution in [1.82, 2.24) is 14.1 Å². The average molecular weight is 748 g/mol. The summed E-state index contributed by atoms with van der Waals surface area (Å²) in [6.07, 6.45) is 0. The van der Waals surface area contributed by atoms with E-state index in [-0.39, 0.29) is 5.41 Å². The summed E-state index contributed by atoms with van der Waals surface area (Å²) >= 11 is 1.93. The minimum Gasteiger partial charge on any atom is -0.308 e. The molecule has 3 aromatic heterocycles. The highest BCUT2D eigenvalue weighted by molar-refractivity contribution is 7.27. The Balaban J connectivity index is 1.25. The minimum atomic E-state index is 0.0259. The van der Waals surface area contributed by atoms with Gasteiger partial charge in [-0.1, -0.05) is 130 Å². The molecule has 3 nitrogen and oxygen atoms in total. The molecule has 0 aliphatic rings. The van der Waals surface area contributed by atoms with Crippen molar-refractivity contribution < 1.29 is 0 Å². The van der Waals surface area contributed by atoms with Gasteiger partial charge in [-0.25, -0.2) is 4.98 Å². The third-order valence-electron chi connectivity index (χ3n) is 12.0. The van der Waals surface area contributed by atoms with Crippen molar-refractivity contribution in [2.45, 2.75) is 26.2 Å². The zero-order chi connectivity index (χ0) is 38.0. The molecule has 9 aromatic carbocycles. The maximum Gasteiger partial charge on any atom is 0.145 e. The van der Waals surface area contributed by atoms with Gasteiger partial charge >= 0.3 is 0 Å². The van der Waals surface area contributed by atoms with E-state index in [9.17, 15) is 0 Å². The van der Waals surface area contributed by atoms with E-state index in [4.69, 9.17) is 4.98 Å². The van der Waals surface area contributed by atoms with Crippen LogP contribution in [0.2, 0.25) is 0 Å². The molecular formula is C53H37N3S. The van der Waals surface area contributed by atoms with Crippen LogP contribution in [0.4, 0.5) is 0 Å². The number of imidazole rings is 1. The Labute approximate surface area is 333 Å². The number of benzene rings is 9. The molecule has 0 unspecified atom stereocenters. The van der Waals surface area contributed by atoms with E-state index in [1.165, 1.54) is 79.9 Å². The smallest absolute Gasteiger partial charge is 0.145 e. The Morgan fingerprint density at radius 2 is 1.04 bits per heavy atom. The van der Waals surface area contributed by atoms with Crippen LogP contribution in [-0.2, 0) is 5.41 Å². The van der Waals surface area contributed by atoms with Crippen molar-refractivity contribution in [1.29, 1.82) is 0 Å². The van der Waals surface area contributed by atoms with Gasteiger partial charge in [-0.05, 0) is 87.8 Å². The molecule has 0 bridgehead atoms. The summed E-state index contributed by atoms with van der Waals surface area (Å²) in [5.41, 5.74) is 9.24. The van der Waals surface area contributed by atoms with Crippen LogP contribution in [0.3, 0.4) is 0 Å². The Hall–Kier alpha value is -6.75. The number of hydrogen-bond acceptors (Lipinski definition) is 2. The largest absolute Gasteiger partial charge is 0.308 e. The minimum absolute atomic E-state index is 0.0259. The predicted octanol–water partition coefficient (Wildman–Crippen LogP) is 14.9. The van der Waals surface area contributed by atoms with Gasteiger partial charge in [0.25, 0.3) is 0 Å². The first-order chi connectivity index (χ1) is 27.9. The van der Waals surface area contributed by atoms with Gasteiger partial charge in [-0.15, -0.1) is 11.3 Å². The first-order valence-electron chi connectivity index (χ1n) is 19.7. The standard InChI is InChI=1S/C53H37N3S/c1-53(2,3)33-27-30-45-42(31-33)47-48-46-38-19-9-7-17-36(38)37-18-8-10-20-39(37)49(46)56(50(48)40-21-11-12-22-41(40)51(47)57-45)35-28-25-32(26-29-35)52-54-43-23-13-14-24-44(43)55(52)34-15-5-4-6-16-34/h4-31H,1-3H3. The number of aromatic nitrogens is 3. The monoisotopic (exact) mass is 747 g/mol. The molecule has 0 atom stereocenters. The molecule has 0 amide bonds. The molecule has 0 aliphatic carbocycles. The fourth-order valence-electron chi connectivity index (χ4n) is 9.41. The molecule has 0 N–H and O–H groups in total. The normalized spacial score (nSPS) is 12.5. The summed E-state index contributed by atoms with van der Waals surface area (Å²) in [5.74, 6) is 0.930. The van der Waals surface area contributed by atoms with E-state index < -0.39 is 0 Å². The maximum absolute atomic E-state index is 5.21. The molecule has 0 saturated carbocycles. The Kier molecular flexibility index (Phi) is 6.77. The lowest BCUT2D eigenvalue weighted by atomic mass is 9.86. The summed E-state index contributed by atoms with van der Waals surface area (Å²) in [7, 11) is 0. The van der Waals surface area contributed by atoms with Crippen LogP contribution in [0.5, 0.6) is 0 Å². The summed E-state index contributed by atoms with van der Waals surface area (Å²) in [6.45, 7) is 6.95. The van der Waals surface area contributed by atoms with Crippen LogP contribution < -0.4 is 0 Å². The Bertz CT molecular complexity index is 3600. The van der Waals surface area contributed by atoms with Gasteiger partial charge in [0.15, 0.2) is 0 Å². The molecule has 0 saturated heterocycles. The van der Waals surface area contributed by atoms with Crippen LogP contribution in [-0.4, -0.2) is 14.1 Å². The van der Waals surface area contributed by atoms with E-state index in [1.54, 1.807) is 0 Å². The summed E-state index contributed by atoms with van der Waals surface area (Å²) < 4.78 is 7.53. The summed E-state index contributed by atoms with van der Waals surface area (Å²) in [6, 6.07) is 62.3. The van der Waals surface area contributed by atoms with Crippen LogP contribution in [0, 0.1) is 0 Å². The third kappa shape index (κ3) is 4.62. The molecule has 0 spiro atoms. The molecular weight excluding hydrogens is 711 g/mol. The molecule has 3 heterocycles. The zero-order valence-corrected chi connectivity index (χ0v) is 32.7. The highest BCUT2D eigenvalue weighted by atomic mass is 32.1. The van der Waals surface area contributed by atoms with Crippen LogP contribution in [0.15, 0.2) is 170 Å². The topological polar surface area (TPSA) is 22.8 Å². The molecule has 0 aliphatic heterocycles. The molecule has 0 radical (unpaired) electrons. The maximum atomic E-state index is 5.21. The lowest BCUT2D eigenvalue weighted by Gasteiger charge is -2.19. The fourth-order valence-corrected chi connectivity index (χ4v) is 10.6. The summed E-state index contributed by atoms with van der Waals surface area (Å²) in [4.78, 5) is 5.21. The number of rotatable bonds is 3. The van der Waals surface area contributed by atoms with E-state index >= 15 is 0 Å². The first kappa shape index (κ1) is 32.5. The zero-order valence-electron chi connectivity index (χ0n) is 31.9. The van der Waals surface area contributed by atoms with E-state index in [2.05, 4.69) is 200 Å². The highest BCUT2D eigenvalue weighted by Gasteiger charge is 2.26. The number of hydrogen-bond donors (Lipinski definition) is 0. The first-order valence-corrected chi connectivity index (χ1v) is 20.5. The second kappa shape index (κ2) is 11.9. The second-order valence-corrected chi connectivity index (χ2v) is 17.4. The number of thiophene rings is 1. The van der Waals surface area contributed by atoms with Crippen molar-refractivity contribution in [3.8, 4) is 22.8 Å². The predicted molar refractivity (Wildman–Crippen MR) is 245 cm³/mol. The van der Waals surface area contributed by atoms with Crippen molar-refractivity contribution >= 4 is 96.7 Å². The van der Waals surface area contributed by atoms with Crippen molar-refractivity contribution in [2.24, 2.45) is 0 Å². The fraction of sp³-hybridized carbons (Fsp3) is 0.0755. The molecule has 4 heteroatoms. The van der Waals surface area contributed by atoms with Gasteiger partial charge in [0, 0.05) is 64.0 Å². The van der Waals surface area contributed by atoms with Crippen LogP contribution >= 0.6 is 11.3 Å². The summed E-state index contributed by atoms with van der Waals surface area (Å²) in [5, 5.41) is 13.0. The molecule has 12 rings (SSSR count). The van der Waals surface area contributed by atoms with Crippen molar-refractivity contribution in [2.75, 3.05) is 0 Å². The Morgan fingerprint density at radius 1 is 0.456 bits per heavy atom. The SMILES string of the molecule is CC(C)(C)c1ccc2sc3c4ccccc4c4c(c3c2c1)c1c2ccccc2c2ccccc2c1n4-c1ccc(-c2nc3ccccc3n2-c2ccccc2)cc1. The van der Waals surface area contributed by atoms with Crippen LogP contribution in [0.1, 0.15) is 26.3 Å². The lowest BCUT2D eigenvalue weighted by molar-refractivity contribution is 0.591. The van der Waals surface area contributed by atoms with Gasteiger partial charge < -0.3 is 4.57 Å². The molecule has 270 valence electrons. The van der Waals surface area contributed by atoms with Gasteiger partial charge in [0.05, 0.1) is 22.1 Å². The molecule has 57 heavy (non-hydrogen) atoms. The van der Waals surface area contributed by atoms with Gasteiger partial charge in [0.1, 0.15) is 5.82 Å². The third-order valence-corrected chi connectivity index (χ3v) is 13.2. The number of fused-ring (bicyclic) bond motifs is 16. The highest BCUT2D eigenvalue weighted by Crippen LogP contribution is 2.51. The van der Waals surface area contributed by atoms with Gasteiger partial charge in [0.2, 0.25) is 0 Å². The molecule has 0 fully saturated rings. The van der Waals surface area contributed by atoms with Gasteiger partial charge in [-0.2, -0.15) is 0 Å². The molecule has 12 aromatic rings. The van der Waals surface area contributed by atoms with Gasteiger partial charge in [-0.3, -0.25) is 4.57 Å². The average Bonchev–Trinajstić information content (AvgIpc) is 3.94. The van der Waals surface area contributed by atoms with E-state index in [1.807, 2.05) is 11.3 Å². The number of para-hydroxylation sites is 3. The van der Waals surface area contributed by atoms with E-state index in [0.717, 1.165) is 33.8 Å². The number of nitrogens with zero attached hydrogens (tertiary/aromatic N) is 3. The lowest BCUT2D eigenvalue weighted by Crippen LogP contribution is -2.10. The van der Waals surface area contributed by atoms with Crippen LogP contribution in [0.25, 0.3) is 108 Å². The quantitative estimate of drug-likeness (QED) is 0.165. The van der Waals surface area contributed by atoms with E-state index in [0.29, 0.717) is 0 Å². The second-order valence-electron chi connectivity index (χ2n) is 16.3. The Morgan fingerprint density at radius 3 is 1.77 bits per heavy atom.